The molecule has 5 nitrogen and oxygen atoms in total. The van der Waals surface area contributed by atoms with Gasteiger partial charge in [-0.05, 0) is 31.0 Å². The number of thiazole rings is 1. The lowest BCUT2D eigenvalue weighted by molar-refractivity contribution is -0.142. The Morgan fingerprint density at radius 1 is 1.21 bits per heavy atom. The van der Waals surface area contributed by atoms with Gasteiger partial charge in [-0.15, -0.1) is 11.3 Å². The van der Waals surface area contributed by atoms with Gasteiger partial charge in [0.05, 0.1) is 5.69 Å². The summed E-state index contributed by atoms with van der Waals surface area (Å²) in [6.45, 7) is 6.75. The monoisotopic (exact) mass is 407 g/mol. The van der Waals surface area contributed by atoms with Crippen LogP contribution in [-0.2, 0) is 9.59 Å². The predicted molar refractivity (Wildman–Crippen MR) is 105 cm³/mol. The summed E-state index contributed by atoms with van der Waals surface area (Å²) in [6, 6.07) is 3.18. The van der Waals surface area contributed by atoms with Crippen LogP contribution in [0, 0.1) is 23.0 Å². The summed E-state index contributed by atoms with van der Waals surface area (Å²) in [6.07, 6.45) is 1.18. The second-order valence-corrected chi connectivity index (χ2v) is 8.83. The van der Waals surface area contributed by atoms with Crippen molar-refractivity contribution in [1.29, 1.82) is 0 Å². The molecule has 0 atom stereocenters. The van der Waals surface area contributed by atoms with E-state index < -0.39 is 17.0 Å². The largest absolute Gasteiger partial charge is 0.342 e. The van der Waals surface area contributed by atoms with E-state index in [9.17, 15) is 18.4 Å². The summed E-state index contributed by atoms with van der Waals surface area (Å²) in [5.41, 5.74) is -0.0906. The Morgan fingerprint density at radius 3 is 2.54 bits per heavy atom. The van der Waals surface area contributed by atoms with Crippen LogP contribution >= 0.6 is 11.3 Å². The molecule has 0 aliphatic carbocycles. The first-order valence-corrected chi connectivity index (χ1v) is 10.0. The van der Waals surface area contributed by atoms with Crippen LogP contribution in [0.3, 0.4) is 0 Å². The molecule has 0 unspecified atom stereocenters. The molecule has 1 N–H and O–H groups in total. The van der Waals surface area contributed by atoms with Crippen molar-refractivity contribution < 1.29 is 18.4 Å². The van der Waals surface area contributed by atoms with Gasteiger partial charge in [-0.3, -0.25) is 9.59 Å². The van der Waals surface area contributed by atoms with E-state index in [4.69, 9.17) is 0 Å². The fourth-order valence-electron chi connectivity index (χ4n) is 3.18. The molecule has 0 spiro atoms. The van der Waals surface area contributed by atoms with E-state index in [0.29, 0.717) is 31.1 Å². The molecular formula is C20H23F2N3O2S. The van der Waals surface area contributed by atoms with E-state index in [0.717, 1.165) is 29.5 Å². The zero-order valence-electron chi connectivity index (χ0n) is 16.1. The fraction of sp³-hybridized carbons (Fsp3) is 0.450. The average Bonchev–Trinajstić information content (AvgIpc) is 3.10. The molecule has 2 heterocycles. The summed E-state index contributed by atoms with van der Waals surface area (Å²) in [5.74, 6) is -1.40. The van der Waals surface area contributed by atoms with Crippen molar-refractivity contribution in [3.05, 3.63) is 35.2 Å². The van der Waals surface area contributed by atoms with Crippen LogP contribution in [0.25, 0.3) is 11.3 Å². The van der Waals surface area contributed by atoms with Crippen molar-refractivity contribution in [3.8, 4) is 11.3 Å². The Kier molecular flexibility index (Phi) is 5.79. The SMILES string of the molecule is CC(C)(C)C(=O)N1CCC(C(=O)Nc2nc(-c3cc(F)ccc3F)cs2)CC1. The van der Waals surface area contributed by atoms with Gasteiger partial charge in [0, 0.05) is 35.4 Å². The Labute approximate surface area is 166 Å². The first-order valence-electron chi connectivity index (χ1n) is 9.16. The van der Waals surface area contributed by atoms with Crippen LogP contribution < -0.4 is 5.32 Å². The molecule has 8 heteroatoms. The van der Waals surface area contributed by atoms with Gasteiger partial charge in [0.25, 0.3) is 0 Å². The number of carbonyl (C=O) groups excluding carboxylic acids is 2. The molecule has 1 aliphatic heterocycles. The molecule has 2 amide bonds. The third-order valence-electron chi connectivity index (χ3n) is 4.73. The molecule has 0 bridgehead atoms. The minimum Gasteiger partial charge on any atom is -0.342 e. The smallest absolute Gasteiger partial charge is 0.229 e. The van der Waals surface area contributed by atoms with E-state index in [1.54, 1.807) is 10.3 Å². The second-order valence-electron chi connectivity index (χ2n) is 7.97. The number of likely N-dealkylation sites (tertiary alicyclic amines) is 1. The highest BCUT2D eigenvalue weighted by molar-refractivity contribution is 7.14. The van der Waals surface area contributed by atoms with Crippen LogP contribution in [0.15, 0.2) is 23.6 Å². The van der Waals surface area contributed by atoms with Gasteiger partial charge in [0.1, 0.15) is 11.6 Å². The number of nitrogens with zero attached hydrogens (tertiary/aromatic N) is 2. The highest BCUT2D eigenvalue weighted by Crippen LogP contribution is 2.29. The minimum atomic E-state index is -0.569. The number of benzene rings is 1. The fourth-order valence-corrected chi connectivity index (χ4v) is 3.89. The van der Waals surface area contributed by atoms with Crippen molar-refractivity contribution in [3.63, 3.8) is 0 Å². The molecule has 2 aromatic rings. The van der Waals surface area contributed by atoms with E-state index in [-0.39, 0.29) is 29.0 Å². The number of hydrogen-bond acceptors (Lipinski definition) is 4. The van der Waals surface area contributed by atoms with Gasteiger partial charge >= 0.3 is 0 Å². The maximum Gasteiger partial charge on any atom is 0.229 e. The zero-order chi connectivity index (χ0) is 20.5. The van der Waals surface area contributed by atoms with Crippen molar-refractivity contribution in [2.45, 2.75) is 33.6 Å². The van der Waals surface area contributed by atoms with Gasteiger partial charge in [-0.1, -0.05) is 20.8 Å². The first kappa shape index (κ1) is 20.4. The highest BCUT2D eigenvalue weighted by atomic mass is 32.1. The van der Waals surface area contributed by atoms with Crippen molar-refractivity contribution >= 4 is 28.3 Å². The van der Waals surface area contributed by atoms with Crippen LogP contribution in [0.2, 0.25) is 0 Å². The number of anilines is 1. The van der Waals surface area contributed by atoms with Gasteiger partial charge in [-0.25, -0.2) is 13.8 Å². The van der Waals surface area contributed by atoms with Crippen LogP contribution in [0.1, 0.15) is 33.6 Å². The Hall–Kier alpha value is -2.35. The number of carbonyl (C=O) groups is 2. The lowest BCUT2D eigenvalue weighted by Gasteiger charge is -2.35. The van der Waals surface area contributed by atoms with Crippen LogP contribution in [0.4, 0.5) is 13.9 Å². The molecule has 1 aliphatic rings. The van der Waals surface area contributed by atoms with Gasteiger partial charge in [0.2, 0.25) is 11.8 Å². The summed E-state index contributed by atoms with van der Waals surface area (Å²) in [4.78, 5) is 30.9. The zero-order valence-corrected chi connectivity index (χ0v) is 16.9. The molecule has 1 saturated heterocycles. The van der Waals surface area contributed by atoms with Crippen molar-refractivity contribution in [2.75, 3.05) is 18.4 Å². The number of hydrogen-bond donors (Lipinski definition) is 1. The summed E-state index contributed by atoms with van der Waals surface area (Å²) < 4.78 is 27.2. The number of halogens is 2. The Morgan fingerprint density at radius 2 is 1.89 bits per heavy atom. The molecule has 1 aromatic heterocycles. The number of piperidine rings is 1. The highest BCUT2D eigenvalue weighted by Gasteiger charge is 2.32. The van der Waals surface area contributed by atoms with Crippen molar-refractivity contribution in [1.82, 2.24) is 9.88 Å². The number of amides is 2. The third kappa shape index (κ3) is 4.55. The van der Waals surface area contributed by atoms with Crippen LogP contribution in [-0.4, -0.2) is 34.8 Å². The molecule has 0 radical (unpaired) electrons. The van der Waals surface area contributed by atoms with E-state index >= 15 is 0 Å². The van der Waals surface area contributed by atoms with E-state index in [2.05, 4.69) is 10.3 Å². The topological polar surface area (TPSA) is 62.3 Å². The average molecular weight is 407 g/mol. The number of nitrogens with one attached hydrogen (secondary N) is 1. The molecule has 1 fully saturated rings. The van der Waals surface area contributed by atoms with E-state index in [1.807, 2.05) is 20.8 Å². The molecule has 28 heavy (non-hydrogen) atoms. The van der Waals surface area contributed by atoms with Gasteiger partial charge < -0.3 is 10.2 Å². The second kappa shape index (κ2) is 7.95. The third-order valence-corrected chi connectivity index (χ3v) is 5.49. The molecule has 0 saturated carbocycles. The maximum absolute atomic E-state index is 13.9. The summed E-state index contributed by atoms with van der Waals surface area (Å²) in [7, 11) is 0. The Bertz CT molecular complexity index is 884. The molecule has 150 valence electrons. The molecular weight excluding hydrogens is 384 g/mol. The molecule has 3 rings (SSSR count). The lowest BCUT2D eigenvalue weighted by atomic mass is 9.91. The van der Waals surface area contributed by atoms with Crippen molar-refractivity contribution in [2.24, 2.45) is 11.3 Å². The number of aromatic nitrogens is 1. The minimum absolute atomic E-state index is 0.0609. The lowest BCUT2D eigenvalue weighted by Crippen LogP contribution is -2.45. The number of rotatable bonds is 3. The Balaban J connectivity index is 1.60. The first-order chi connectivity index (χ1) is 13.1. The standard InChI is InChI=1S/C20H23F2N3O2S/c1-20(2,3)18(27)25-8-6-12(7-9-25)17(26)24-19-23-16(11-28-19)14-10-13(21)4-5-15(14)22/h4-5,10-12H,6-9H2,1-3H3,(H,23,24,26). The maximum atomic E-state index is 13.9. The quantitative estimate of drug-likeness (QED) is 0.825. The predicted octanol–water partition coefficient (Wildman–Crippen LogP) is 4.31. The van der Waals surface area contributed by atoms with Gasteiger partial charge in [-0.2, -0.15) is 0 Å². The van der Waals surface area contributed by atoms with Gasteiger partial charge in [0.15, 0.2) is 5.13 Å². The van der Waals surface area contributed by atoms with E-state index in [1.165, 1.54) is 0 Å². The summed E-state index contributed by atoms with van der Waals surface area (Å²) >= 11 is 1.16. The van der Waals surface area contributed by atoms with Crippen LogP contribution in [0.5, 0.6) is 0 Å². The summed E-state index contributed by atoms with van der Waals surface area (Å²) in [5, 5.41) is 4.68. The normalized spacial score (nSPS) is 15.5. The molecule has 1 aromatic carbocycles.